The van der Waals surface area contributed by atoms with Crippen molar-refractivity contribution in [2.75, 3.05) is 19.6 Å². The van der Waals surface area contributed by atoms with Crippen molar-refractivity contribution >= 4 is 21.8 Å². The van der Waals surface area contributed by atoms with Gasteiger partial charge in [-0.05, 0) is 49.9 Å². The molecule has 0 bridgehead atoms. The number of likely N-dealkylation sites (tertiary alicyclic amines) is 1. The van der Waals surface area contributed by atoms with Gasteiger partial charge in [-0.3, -0.25) is 4.79 Å². The summed E-state index contributed by atoms with van der Waals surface area (Å²) in [5.74, 6) is 0.655. The second-order valence-electron chi connectivity index (χ2n) is 5.60. The lowest BCUT2D eigenvalue weighted by molar-refractivity contribution is 0.0947. The van der Waals surface area contributed by atoms with Gasteiger partial charge in [0.1, 0.15) is 0 Å². The Morgan fingerprint density at radius 1 is 1.37 bits per heavy atom. The minimum absolute atomic E-state index is 0.0335. The van der Waals surface area contributed by atoms with Crippen molar-refractivity contribution in [3.63, 3.8) is 0 Å². The highest BCUT2D eigenvalue weighted by Crippen LogP contribution is 2.31. The molecule has 1 unspecified atom stereocenters. The Kier molecular flexibility index (Phi) is 3.89. The molecule has 4 heteroatoms. The van der Waals surface area contributed by atoms with Crippen molar-refractivity contribution in [1.82, 2.24) is 10.2 Å². The van der Waals surface area contributed by atoms with Crippen LogP contribution < -0.4 is 5.32 Å². The quantitative estimate of drug-likeness (QED) is 0.924. The highest BCUT2D eigenvalue weighted by atomic mass is 79.9. The van der Waals surface area contributed by atoms with Gasteiger partial charge in [0.2, 0.25) is 0 Å². The lowest BCUT2D eigenvalue weighted by Crippen LogP contribution is -2.31. The molecule has 1 aliphatic carbocycles. The molecule has 1 amide bonds. The first-order chi connectivity index (χ1) is 9.22. The first-order valence-corrected chi connectivity index (χ1v) is 7.79. The van der Waals surface area contributed by atoms with E-state index in [1.54, 1.807) is 0 Å². The van der Waals surface area contributed by atoms with Crippen LogP contribution in [0.4, 0.5) is 0 Å². The average molecular weight is 323 g/mol. The number of benzene rings is 1. The van der Waals surface area contributed by atoms with Gasteiger partial charge in [0, 0.05) is 29.2 Å². The first kappa shape index (κ1) is 13.1. The summed E-state index contributed by atoms with van der Waals surface area (Å²) in [7, 11) is 0. The number of nitrogens with one attached hydrogen (secondary N) is 1. The van der Waals surface area contributed by atoms with Gasteiger partial charge < -0.3 is 10.2 Å². The Labute approximate surface area is 122 Å². The van der Waals surface area contributed by atoms with Crippen LogP contribution in [0.2, 0.25) is 0 Å². The van der Waals surface area contributed by atoms with Crippen LogP contribution in [0.1, 0.15) is 29.6 Å². The highest BCUT2D eigenvalue weighted by Gasteiger charge is 2.34. The number of carbonyl (C=O) groups is 1. The zero-order chi connectivity index (χ0) is 13.2. The van der Waals surface area contributed by atoms with Crippen molar-refractivity contribution < 1.29 is 4.79 Å². The number of amides is 1. The van der Waals surface area contributed by atoms with E-state index < -0.39 is 0 Å². The van der Waals surface area contributed by atoms with E-state index in [2.05, 4.69) is 26.1 Å². The van der Waals surface area contributed by atoms with Crippen LogP contribution in [0.5, 0.6) is 0 Å². The summed E-state index contributed by atoms with van der Waals surface area (Å²) in [5.41, 5.74) is 0.728. The van der Waals surface area contributed by atoms with E-state index in [9.17, 15) is 4.79 Å². The summed E-state index contributed by atoms with van der Waals surface area (Å²) < 4.78 is 0.945. The minimum atomic E-state index is 0.0335. The van der Waals surface area contributed by atoms with E-state index in [4.69, 9.17) is 0 Å². The third kappa shape index (κ3) is 3.37. The lowest BCUT2D eigenvalue weighted by Gasteiger charge is -2.15. The summed E-state index contributed by atoms with van der Waals surface area (Å²) in [6, 6.07) is 8.39. The second kappa shape index (κ2) is 5.63. The van der Waals surface area contributed by atoms with E-state index in [0.29, 0.717) is 5.92 Å². The fraction of sp³-hybridized carbons (Fsp3) is 0.533. The fourth-order valence-corrected chi connectivity index (χ4v) is 3.17. The second-order valence-corrected chi connectivity index (χ2v) is 6.52. The molecule has 1 saturated heterocycles. The molecule has 3 rings (SSSR count). The molecule has 0 aromatic heterocycles. The largest absolute Gasteiger partial charge is 0.352 e. The maximum Gasteiger partial charge on any atom is 0.251 e. The van der Waals surface area contributed by atoms with Gasteiger partial charge in [-0.2, -0.15) is 0 Å². The van der Waals surface area contributed by atoms with Crippen LogP contribution in [0.15, 0.2) is 28.7 Å². The van der Waals surface area contributed by atoms with Crippen LogP contribution in [-0.2, 0) is 0 Å². The molecule has 1 aromatic carbocycles. The summed E-state index contributed by atoms with van der Waals surface area (Å²) >= 11 is 3.39. The molecule has 0 spiro atoms. The third-order valence-electron chi connectivity index (χ3n) is 4.02. The van der Waals surface area contributed by atoms with E-state index in [1.807, 2.05) is 24.3 Å². The van der Waals surface area contributed by atoms with E-state index >= 15 is 0 Å². The van der Waals surface area contributed by atoms with Gasteiger partial charge in [0.15, 0.2) is 0 Å². The molecule has 1 N–H and O–H groups in total. The Bertz CT molecular complexity index is 473. The van der Waals surface area contributed by atoms with E-state index in [-0.39, 0.29) is 5.91 Å². The molecule has 1 heterocycles. The van der Waals surface area contributed by atoms with Crippen molar-refractivity contribution in [1.29, 1.82) is 0 Å². The van der Waals surface area contributed by atoms with Gasteiger partial charge in [-0.25, -0.2) is 0 Å². The summed E-state index contributed by atoms with van der Waals surface area (Å²) in [6.45, 7) is 3.17. The van der Waals surface area contributed by atoms with Crippen LogP contribution in [-0.4, -0.2) is 36.5 Å². The monoisotopic (exact) mass is 322 g/mol. The van der Waals surface area contributed by atoms with Gasteiger partial charge in [0.25, 0.3) is 5.91 Å². The number of carbonyl (C=O) groups excluding carboxylic acids is 1. The van der Waals surface area contributed by atoms with Crippen molar-refractivity contribution in [3.8, 4) is 0 Å². The maximum atomic E-state index is 12.0. The number of hydrogen-bond donors (Lipinski definition) is 1. The van der Waals surface area contributed by atoms with Crippen molar-refractivity contribution in [2.45, 2.75) is 25.3 Å². The molecule has 102 valence electrons. The van der Waals surface area contributed by atoms with Gasteiger partial charge in [-0.15, -0.1) is 0 Å². The normalized spacial score (nSPS) is 23.5. The first-order valence-electron chi connectivity index (χ1n) is 7.00. The minimum Gasteiger partial charge on any atom is -0.352 e. The molecular formula is C15H19BrN2O. The van der Waals surface area contributed by atoms with Crippen LogP contribution >= 0.6 is 15.9 Å². The maximum absolute atomic E-state index is 12.0. The zero-order valence-electron chi connectivity index (χ0n) is 10.9. The highest BCUT2D eigenvalue weighted by molar-refractivity contribution is 9.10. The van der Waals surface area contributed by atoms with Crippen LogP contribution in [0, 0.1) is 5.92 Å². The molecule has 1 saturated carbocycles. The number of hydrogen-bond acceptors (Lipinski definition) is 2. The van der Waals surface area contributed by atoms with Gasteiger partial charge in [-0.1, -0.05) is 22.0 Å². The molecule has 2 fully saturated rings. The topological polar surface area (TPSA) is 32.3 Å². The predicted molar refractivity (Wildman–Crippen MR) is 79.2 cm³/mol. The average Bonchev–Trinajstić information content (AvgIpc) is 3.15. The van der Waals surface area contributed by atoms with E-state index in [0.717, 1.165) is 29.2 Å². The Morgan fingerprint density at radius 2 is 2.21 bits per heavy atom. The van der Waals surface area contributed by atoms with E-state index in [1.165, 1.54) is 25.8 Å². The standard InChI is InChI=1S/C15H19BrN2O/c16-13-3-1-2-12(8-13)15(19)17-9-11-6-7-18(10-11)14-4-5-14/h1-3,8,11,14H,4-7,9-10H2,(H,17,19). The molecule has 1 aliphatic heterocycles. The van der Waals surface area contributed by atoms with Crippen molar-refractivity contribution in [2.24, 2.45) is 5.92 Å². The van der Waals surface area contributed by atoms with Gasteiger partial charge in [0.05, 0.1) is 0 Å². The molecule has 0 radical (unpaired) electrons. The zero-order valence-corrected chi connectivity index (χ0v) is 12.5. The van der Waals surface area contributed by atoms with Crippen LogP contribution in [0.3, 0.4) is 0 Å². The molecule has 3 nitrogen and oxygen atoms in total. The lowest BCUT2D eigenvalue weighted by atomic mass is 10.1. The Balaban J connectivity index is 1.48. The summed E-state index contributed by atoms with van der Waals surface area (Å²) in [5, 5.41) is 3.06. The Morgan fingerprint density at radius 3 is 2.95 bits per heavy atom. The summed E-state index contributed by atoms with van der Waals surface area (Å²) in [6.07, 6.45) is 3.96. The SMILES string of the molecule is O=C(NCC1CCN(C2CC2)C1)c1cccc(Br)c1. The third-order valence-corrected chi connectivity index (χ3v) is 4.51. The predicted octanol–water partition coefficient (Wildman–Crippen LogP) is 2.66. The van der Waals surface area contributed by atoms with Crippen molar-refractivity contribution in [3.05, 3.63) is 34.3 Å². The number of halogens is 1. The number of rotatable bonds is 4. The number of nitrogens with zero attached hydrogens (tertiary/aromatic N) is 1. The summed E-state index contributed by atoms with van der Waals surface area (Å²) in [4.78, 5) is 14.6. The molecule has 2 aliphatic rings. The fourth-order valence-electron chi connectivity index (χ4n) is 2.77. The molecule has 19 heavy (non-hydrogen) atoms. The molecule has 1 aromatic rings. The Hall–Kier alpha value is -0.870. The van der Waals surface area contributed by atoms with Crippen LogP contribution in [0.25, 0.3) is 0 Å². The molecular weight excluding hydrogens is 304 g/mol. The smallest absolute Gasteiger partial charge is 0.251 e. The molecule has 1 atom stereocenters. The van der Waals surface area contributed by atoms with Gasteiger partial charge >= 0.3 is 0 Å².